The van der Waals surface area contributed by atoms with Crippen LogP contribution in [0.15, 0.2) is 52.7 Å². The number of ether oxygens (including phenoxy) is 1. The lowest BCUT2D eigenvalue weighted by molar-refractivity contribution is 0.0691. The number of thiol groups is 1. The molecule has 1 aliphatic heterocycles. The van der Waals surface area contributed by atoms with Crippen molar-refractivity contribution in [2.75, 3.05) is 31.2 Å². The van der Waals surface area contributed by atoms with E-state index in [4.69, 9.17) is 15.0 Å². The van der Waals surface area contributed by atoms with Crippen LogP contribution < -0.4 is 10.0 Å². The van der Waals surface area contributed by atoms with E-state index in [0.29, 0.717) is 36.2 Å². The lowest BCUT2D eigenvalue weighted by atomic mass is 9.96. The van der Waals surface area contributed by atoms with Crippen LogP contribution in [0.4, 0.5) is 10.1 Å². The van der Waals surface area contributed by atoms with Crippen LogP contribution in [0, 0.1) is 11.7 Å². The molecule has 2 aromatic heterocycles. The zero-order valence-corrected chi connectivity index (χ0v) is 23.3. The number of hydrogen-bond acceptors (Lipinski definition) is 7. The first-order chi connectivity index (χ1) is 19.4. The van der Waals surface area contributed by atoms with Gasteiger partial charge in [0.15, 0.2) is 22.5 Å². The van der Waals surface area contributed by atoms with Crippen molar-refractivity contribution in [1.29, 1.82) is 0 Å². The van der Waals surface area contributed by atoms with Gasteiger partial charge in [0.2, 0.25) is 10.0 Å². The number of aromatic carboxylic acids is 1. The molecule has 2 fully saturated rings. The monoisotopic (exact) mass is 582 g/mol. The number of benzene rings is 2. The molecule has 0 spiro atoms. The number of halogens is 1. The highest BCUT2D eigenvalue weighted by Gasteiger charge is 2.30. The molecule has 1 atom stereocenters. The molecule has 12 heteroatoms. The normalized spacial score (nSPS) is 16.3. The van der Waals surface area contributed by atoms with Gasteiger partial charge in [-0.05, 0) is 55.0 Å². The minimum Gasteiger partial charge on any atom is -0.476 e. The van der Waals surface area contributed by atoms with Crippen molar-refractivity contribution >= 4 is 34.0 Å². The largest absolute Gasteiger partial charge is 0.476 e. The lowest BCUT2D eigenvalue weighted by Crippen LogP contribution is -2.36. The Balaban J connectivity index is 1.49. The molecule has 3 N–H and O–H groups in total. The van der Waals surface area contributed by atoms with Crippen molar-refractivity contribution in [3.63, 3.8) is 0 Å². The molecule has 2 aromatic carbocycles. The minimum absolute atomic E-state index is 0.00456. The van der Waals surface area contributed by atoms with E-state index < -0.39 is 22.8 Å². The van der Waals surface area contributed by atoms with Crippen molar-refractivity contribution in [1.82, 2.24) is 14.8 Å². The van der Waals surface area contributed by atoms with Gasteiger partial charge in [-0.25, -0.2) is 18.9 Å². The molecule has 1 unspecified atom stereocenters. The highest BCUT2D eigenvalue weighted by atomic mass is 32.2. The van der Waals surface area contributed by atoms with Gasteiger partial charge in [0.25, 0.3) is 0 Å². The molecule has 40 heavy (non-hydrogen) atoms. The predicted octanol–water partition coefficient (Wildman–Crippen LogP) is 4.14. The minimum atomic E-state index is -2.29. The number of carbonyl (C=O) groups is 1. The molecular formula is C28H29FN5O4S2+. The maximum Gasteiger partial charge on any atom is 0.355 e. The Kier molecular flexibility index (Phi) is 7.49. The number of anilines is 1. The average molecular weight is 583 g/mol. The van der Waals surface area contributed by atoms with Crippen molar-refractivity contribution in [3.05, 3.63) is 76.2 Å². The van der Waals surface area contributed by atoms with Crippen LogP contribution in [0.25, 0.3) is 16.4 Å². The van der Waals surface area contributed by atoms with Gasteiger partial charge in [-0.1, -0.05) is 22.4 Å². The smallest absolute Gasteiger partial charge is 0.355 e. The van der Waals surface area contributed by atoms with E-state index in [-0.39, 0.29) is 10.6 Å². The van der Waals surface area contributed by atoms with Gasteiger partial charge in [-0.15, -0.1) is 16.5 Å². The Morgan fingerprint density at radius 2 is 2.00 bits per heavy atom. The van der Waals surface area contributed by atoms with E-state index in [1.165, 1.54) is 28.8 Å². The number of aromatic nitrogens is 3. The standard InChI is InChI=1S/C28H28FN5O4S2/c29-22-13-18(6-7-25(22)40(30)37)12-21-24(14-17-4-5-17)34(28-31-23(16-39-28)27(35)36)32-26(21)19-2-1-3-20(15-19)33-8-10-38-11-9-33/h1-3,6-7,13,15-17H,4-5,8-12,14H2,(H2,30,37)(H,35,36)/p+1. The van der Waals surface area contributed by atoms with E-state index in [0.717, 1.165) is 60.6 Å². The predicted molar refractivity (Wildman–Crippen MR) is 152 cm³/mol. The number of carboxylic acids is 1. The number of carboxylic acid groups (broad SMARTS) is 1. The lowest BCUT2D eigenvalue weighted by Gasteiger charge is -2.29. The summed E-state index contributed by atoms with van der Waals surface area (Å²) >= 11 is 1.23. The number of hydrogen-bond donors (Lipinski definition) is 2. The Hall–Kier alpha value is -3.45. The molecule has 0 amide bonds. The van der Waals surface area contributed by atoms with Gasteiger partial charge in [-0.2, -0.15) is 5.10 Å². The van der Waals surface area contributed by atoms with Gasteiger partial charge < -0.3 is 14.7 Å². The summed E-state index contributed by atoms with van der Waals surface area (Å²) in [6.07, 6.45) is 3.35. The fraction of sp³-hybridized carbons (Fsp3) is 0.321. The van der Waals surface area contributed by atoms with Gasteiger partial charge in [0.1, 0.15) is 0 Å². The maximum absolute atomic E-state index is 14.8. The highest BCUT2D eigenvalue weighted by molar-refractivity contribution is 7.82. The molecule has 9 nitrogen and oxygen atoms in total. The Morgan fingerprint density at radius 3 is 2.67 bits per heavy atom. The SMILES string of the molecule is N[SH+](=O)c1ccc(Cc2c(-c3cccc(N4CCOCC4)c3)nn(-c3nc(C(=O)O)cs3)c2CC2CC2)cc1F. The van der Waals surface area contributed by atoms with Gasteiger partial charge >= 0.3 is 5.97 Å². The first-order valence-corrected chi connectivity index (χ1v) is 15.3. The fourth-order valence-corrected chi connectivity index (χ4v) is 6.31. The fourth-order valence-electron chi connectivity index (χ4n) is 5.04. The number of thiazole rings is 1. The molecule has 0 bridgehead atoms. The summed E-state index contributed by atoms with van der Waals surface area (Å²) in [5.41, 5.74) is 5.26. The molecule has 2 aliphatic rings. The molecule has 0 radical (unpaired) electrons. The topological polar surface area (TPSA) is 124 Å². The second-order valence-corrected chi connectivity index (χ2v) is 12.1. The summed E-state index contributed by atoms with van der Waals surface area (Å²) < 4.78 is 33.8. The summed E-state index contributed by atoms with van der Waals surface area (Å²) in [5.74, 6) is -1.19. The summed E-state index contributed by atoms with van der Waals surface area (Å²) in [6.45, 7) is 2.93. The van der Waals surface area contributed by atoms with Crippen LogP contribution in [0.1, 0.15) is 40.2 Å². The quantitative estimate of drug-likeness (QED) is 0.225. The first-order valence-electron chi connectivity index (χ1n) is 13.1. The average Bonchev–Trinajstić information content (AvgIpc) is 3.51. The maximum atomic E-state index is 14.8. The summed E-state index contributed by atoms with van der Waals surface area (Å²) in [6, 6.07) is 12.8. The Labute approximate surface area is 237 Å². The van der Waals surface area contributed by atoms with Gasteiger partial charge in [0, 0.05) is 41.7 Å². The van der Waals surface area contributed by atoms with Crippen LogP contribution in [0.5, 0.6) is 0 Å². The molecule has 4 aromatic rings. The number of rotatable bonds is 9. The Morgan fingerprint density at radius 1 is 1.20 bits per heavy atom. The summed E-state index contributed by atoms with van der Waals surface area (Å²) in [5, 5.41) is 22.0. The van der Waals surface area contributed by atoms with Crippen LogP contribution >= 0.6 is 11.3 Å². The summed E-state index contributed by atoms with van der Waals surface area (Å²) in [4.78, 5) is 18.2. The highest BCUT2D eigenvalue weighted by Crippen LogP contribution is 2.38. The molecule has 1 saturated heterocycles. The number of nitrogens with two attached hydrogens (primary N) is 1. The van der Waals surface area contributed by atoms with Crippen molar-refractivity contribution < 1.29 is 23.2 Å². The van der Waals surface area contributed by atoms with E-state index in [9.17, 15) is 18.5 Å². The Bertz CT molecular complexity index is 1590. The van der Waals surface area contributed by atoms with Crippen molar-refractivity contribution in [2.24, 2.45) is 11.1 Å². The molecule has 208 valence electrons. The van der Waals surface area contributed by atoms with Gasteiger partial charge in [0.05, 0.1) is 24.6 Å². The van der Waals surface area contributed by atoms with Crippen molar-refractivity contribution in [2.45, 2.75) is 30.6 Å². The molecule has 1 saturated carbocycles. The van der Waals surface area contributed by atoms with Crippen LogP contribution in [-0.2, 0) is 32.8 Å². The molecular weight excluding hydrogens is 553 g/mol. The van der Waals surface area contributed by atoms with Gasteiger partial charge in [-0.3, -0.25) is 0 Å². The molecule has 3 heterocycles. The zero-order chi connectivity index (χ0) is 27.8. The van der Waals surface area contributed by atoms with E-state index in [2.05, 4.69) is 22.0 Å². The molecule has 1 aliphatic carbocycles. The third-order valence-electron chi connectivity index (χ3n) is 7.29. The van der Waals surface area contributed by atoms with Crippen LogP contribution in [0.3, 0.4) is 0 Å². The number of morpholine rings is 1. The second-order valence-electron chi connectivity index (χ2n) is 10.1. The molecule has 6 rings (SSSR count). The van der Waals surface area contributed by atoms with E-state index in [1.54, 1.807) is 10.7 Å². The number of nitrogens with zero attached hydrogens (tertiary/aromatic N) is 4. The summed E-state index contributed by atoms with van der Waals surface area (Å²) in [7, 11) is -2.29. The van der Waals surface area contributed by atoms with Crippen molar-refractivity contribution in [3.8, 4) is 16.4 Å². The first kappa shape index (κ1) is 26.8. The van der Waals surface area contributed by atoms with Crippen LogP contribution in [-0.4, -0.2) is 52.1 Å². The third-order valence-corrected chi connectivity index (χ3v) is 8.94. The second kappa shape index (κ2) is 11.2. The van der Waals surface area contributed by atoms with Crippen LogP contribution in [0.2, 0.25) is 0 Å². The van der Waals surface area contributed by atoms with E-state index >= 15 is 0 Å². The van der Waals surface area contributed by atoms with E-state index in [1.807, 2.05) is 12.1 Å². The zero-order valence-electron chi connectivity index (χ0n) is 21.6. The third kappa shape index (κ3) is 5.57.